The zero-order chi connectivity index (χ0) is 15.7. The van der Waals surface area contributed by atoms with E-state index in [1.165, 1.54) is 0 Å². The van der Waals surface area contributed by atoms with Crippen LogP contribution >= 0.6 is 0 Å². The lowest BCUT2D eigenvalue weighted by atomic mass is 9.93. The van der Waals surface area contributed by atoms with Crippen molar-refractivity contribution in [2.24, 2.45) is 11.8 Å². The van der Waals surface area contributed by atoms with Gasteiger partial charge in [0, 0.05) is 31.6 Å². The van der Waals surface area contributed by atoms with Crippen molar-refractivity contribution in [3.8, 4) is 0 Å². The van der Waals surface area contributed by atoms with E-state index in [-0.39, 0.29) is 5.82 Å². The Hall–Kier alpha value is -1.42. The summed E-state index contributed by atoms with van der Waals surface area (Å²) in [6, 6.07) is 5.81. The minimum absolute atomic E-state index is 0.141. The summed E-state index contributed by atoms with van der Waals surface area (Å²) in [5, 5.41) is 3.53. The van der Waals surface area contributed by atoms with Crippen LogP contribution in [0.15, 0.2) is 18.2 Å². The summed E-state index contributed by atoms with van der Waals surface area (Å²) in [6.07, 6.45) is 3.13. The second kappa shape index (κ2) is 6.37. The highest BCUT2D eigenvalue weighted by Gasteiger charge is 2.36. The number of nitrogens with one attached hydrogen (secondary N) is 1. The lowest BCUT2D eigenvalue weighted by molar-refractivity contribution is -0.134. The molecular formula is C18H25FN2O. The highest BCUT2D eigenvalue weighted by molar-refractivity contribution is 5.81. The molecule has 1 N–H and O–H groups in total. The normalized spacial score (nSPS) is 25.3. The van der Waals surface area contributed by atoms with E-state index >= 15 is 0 Å². The number of carbonyl (C=O) groups excluding carboxylic acids is 1. The van der Waals surface area contributed by atoms with Crippen LogP contribution in [0.2, 0.25) is 0 Å². The van der Waals surface area contributed by atoms with Crippen LogP contribution in [0.1, 0.15) is 37.3 Å². The molecule has 120 valence electrons. The van der Waals surface area contributed by atoms with Crippen LogP contribution in [0.3, 0.4) is 0 Å². The third-order valence-corrected chi connectivity index (χ3v) is 4.95. The average molecular weight is 304 g/mol. The van der Waals surface area contributed by atoms with Crippen molar-refractivity contribution in [3.63, 3.8) is 0 Å². The van der Waals surface area contributed by atoms with Crippen molar-refractivity contribution in [2.75, 3.05) is 13.1 Å². The third kappa shape index (κ3) is 3.49. The maximum Gasteiger partial charge on any atom is 0.225 e. The number of aryl methyl sites for hydroxylation is 1. The molecule has 1 saturated heterocycles. The van der Waals surface area contributed by atoms with Gasteiger partial charge in [-0.05, 0) is 49.3 Å². The fraction of sp³-hybridized carbons (Fsp3) is 0.611. The summed E-state index contributed by atoms with van der Waals surface area (Å²) in [5.74, 6) is 0.960. The van der Waals surface area contributed by atoms with E-state index in [0.717, 1.165) is 37.9 Å². The molecule has 0 radical (unpaired) electrons. The molecule has 2 fully saturated rings. The van der Waals surface area contributed by atoms with E-state index in [1.807, 2.05) is 17.0 Å². The molecule has 4 heteroatoms. The van der Waals surface area contributed by atoms with Gasteiger partial charge in [0.1, 0.15) is 5.82 Å². The first-order valence-electron chi connectivity index (χ1n) is 8.32. The van der Waals surface area contributed by atoms with Crippen molar-refractivity contribution < 1.29 is 9.18 Å². The summed E-state index contributed by atoms with van der Waals surface area (Å²) < 4.78 is 13.6. The highest BCUT2D eigenvalue weighted by atomic mass is 19.1. The summed E-state index contributed by atoms with van der Waals surface area (Å²) in [7, 11) is 0. The van der Waals surface area contributed by atoms with E-state index in [9.17, 15) is 9.18 Å². The first kappa shape index (κ1) is 15.5. The smallest absolute Gasteiger partial charge is 0.225 e. The van der Waals surface area contributed by atoms with Gasteiger partial charge in [-0.15, -0.1) is 0 Å². The van der Waals surface area contributed by atoms with Gasteiger partial charge in [-0.25, -0.2) is 4.39 Å². The molecule has 3 rings (SSSR count). The Bertz CT molecular complexity index is 556. The summed E-state index contributed by atoms with van der Waals surface area (Å²) in [6.45, 7) is 6.35. The first-order valence-corrected chi connectivity index (χ1v) is 8.32. The van der Waals surface area contributed by atoms with Gasteiger partial charge in [-0.2, -0.15) is 0 Å². The summed E-state index contributed by atoms with van der Waals surface area (Å²) in [4.78, 5) is 14.2. The van der Waals surface area contributed by atoms with Crippen molar-refractivity contribution in [3.05, 3.63) is 35.1 Å². The van der Waals surface area contributed by atoms with E-state index in [0.29, 0.717) is 35.9 Å². The quantitative estimate of drug-likeness (QED) is 0.927. The van der Waals surface area contributed by atoms with Gasteiger partial charge >= 0.3 is 0 Å². The summed E-state index contributed by atoms with van der Waals surface area (Å²) >= 11 is 0. The minimum atomic E-state index is -0.141. The molecular weight excluding hydrogens is 279 g/mol. The molecule has 0 aromatic heterocycles. The van der Waals surface area contributed by atoms with E-state index in [2.05, 4.69) is 12.2 Å². The van der Waals surface area contributed by atoms with Crippen LogP contribution < -0.4 is 5.32 Å². The number of carbonyl (C=O) groups is 1. The van der Waals surface area contributed by atoms with Gasteiger partial charge < -0.3 is 10.2 Å². The van der Waals surface area contributed by atoms with Crippen molar-refractivity contribution in [1.29, 1.82) is 0 Å². The second-order valence-corrected chi connectivity index (χ2v) is 6.90. The lowest BCUT2D eigenvalue weighted by Crippen LogP contribution is -2.50. The number of likely N-dealkylation sites (tertiary alicyclic amines) is 1. The van der Waals surface area contributed by atoms with Crippen LogP contribution in [0, 0.1) is 24.6 Å². The number of hydrogen-bond donors (Lipinski definition) is 1. The van der Waals surface area contributed by atoms with Crippen LogP contribution in [0.5, 0.6) is 0 Å². The number of halogens is 1. The SMILES string of the molecule is Cc1ccc(CN[C@H]2CCN(C(=O)C3CC3)C[C@H]2C)cc1F. The second-order valence-electron chi connectivity index (χ2n) is 6.90. The number of nitrogens with zero attached hydrogens (tertiary/aromatic N) is 1. The van der Waals surface area contributed by atoms with Gasteiger partial charge in [-0.1, -0.05) is 19.1 Å². The molecule has 2 aliphatic rings. The molecule has 1 aliphatic carbocycles. The minimum Gasteiger partial charge on any atom is -0.342 e. The van der Waals surface area contributed by atoms with Crippen molar-refractivity contribution in [1.82, 2.24) is 10.2 Å². The molecule has 1 heterocycles. The number of amides is 1. The average Bonchev–Trinajstić information content (AvgIpc) is 3.33. The van der Waals surface area contributed by atoms with E-state index in [4.69, 9.17) is 0 Å². The van der Waals surface area contributed by atoms with Crippen molar-refractivity contribution in [2.45, 2.75) is 45.7 Å². The number of piperidine rings is 1. The number of benzene rings is 1. The maximum absolute atomic E-state index is 13.6. The van der Waals surface area contributed by atoms with Crippen LogP contribution in [0.4, 0.5) is 4.39 Å². The van der Waals surface area contributed by atoms with Crippen molar-refractivity contribution >= 4 is 5.91 Å². The predicted octanol–water partition coefficient (Wildman–Crippen LogP) is 2.87. The number of rotatable bonds is 4. The monoisotopic (exact) mass is 304 g/mol. The topological polar surface area (TPSA) is 32.3 Å². The van der Waals surface area contributed by atoms with Gasteiger partial charge in [-0.3, -0.25) is 4.79 Å². The molecule has 1 aromatic rings. The Balaban J connectivity index is 1.51. The highest BCUT2D eigenvalue weighted by Crippen LogP contribution is 2.32. The molecule has 0 spiro atoms. The van der Waals surface area contributed by atoms with E-state index in [1.54, 1.807) is 13.0 Å². The Labute approximate surface area is 131 Å². The Kier molecular flexibility index (Phi) is 4.48. The molecule has 22 heavy (non-hydrogen) atoms. The molecule has 2 atom stereocenters. The third-order valence-electron chi connectivity index (χ3n) is 4.95. The first-order chi connectivity index (χ1) is 10.5. The zero-order valence-electron chi connectivity index (χ0n) is 13.4. The maximum atomic E-state index is 13.6. The fourth-order valence-electron chi connectivity index (χ4n) is 3.23. The van der Waals surface area contributed by atoms with Gasteiger partial charge in [0.05, 0.1) is 0 Å². The van der Waals surface area contributed by atoms with Crippen LogP contribution in [-0.4, -0.2) is 29.9 Å². The Morgan fingerprint density at radius 2 is 2.14 bits per heavy atom. The van der Waals surface area contributed by atoms with Crippen LogP contribution in [0.25, 0.3) is 0 Å². The number of hydrogen-bond acceptors (Lipinski definition) is 2. The largest absolute Gasteiger partial charge is 0.342 e. The standard InChI is InChI=1S/C18H25FN2O/c1-12-3-4-14(9-16(12)19)10-20-17-7-8-21(11-13(17)2)18(22)15-5-6-15/h3-4,9,13,15,17,20H,5-8,10-11H2,1-2H3/t13-,17+/m1/s1. The predicted molar refractivity (Wildman–Crippen MR) is 84.8 cm³/mol. The zero-order valence-corrected chi connectivity index (χ0v) is 13.4. The van der Waals surface area contributed by atoms with Gasteiger partial charge in [0.2, 0.25) is 5.91 Å². The van der Waals surface area contributed by atoms with Gasteiger partial charge in [0.25, 0.3) is 0 Å². The molecule has 3 nitrogen and oxygen atoms in total. The lowest BCUT2D eigenvalue weighted by Gasteiger charge is -2.37. The molecule has 1 saturated carbocycles. The fourth-order valence-corrected chi connectivity index (χ4v) is 3.23. The molecule has 0 unspecified atom stereocenters. The van der Waals surface area contributed by atoms with Crippen LogP contribution in [-0.2, 0) is 11.3 Å². The summed E-state index contributed by atoms with van der Waals surface area (Å²) in [5.41, 5.74) is 1.66. The molecule has 0 bridgehead atoms. The van der Waals surface area contributed by atoms with Gasteiger partial charge in [0.15, 0.2) is 0 Å². The van der Waals surface area contributed by atoms with E-state index < -0.39 is 0 Å². The Morgan fingerprint density at radius 1 is 1.36 bits per heavy atom. The molecule has 1 amide bonds. The molecule has 1 aliphatic heterocycles. The Morgan fingerprint density at radius 3 is 2.77 bits per heavy atom. The molecule has 1 aromatic carbocycles.